The van der Waals surface area contributed by atoms with Gasteiger partial charge in [-0.1, -0.05) is 41.0 Å². The third-order valence-electron chi connectivity index (χ3n) is 4.65. The molecule has 8 heteroatoms. The molecule has 3 rings (SSSR count). The monoisotopic (exact) mass is 427 g/mol. The number of anilines is 1. The molecule has 0 aliphatic rings. The van der Waals surface area contributed by atoms with Crippen LogP contribution in [0.1, 0.15) is 45.9 Å². The molecular formula is C22H22ClN3O4. The Morgan fingerprint density at radius 3 is 2.37 bits per heavy atom. The van der Waals surface area contributed by atoms with Crippen molar-refractivity contribution in [3.05, 3.63) is 81.7 Å². The molecule has 2 aromatic carbocycles. The quantitative estimate of drug-likeness (QED) is 0.565. The van der Waals surface area contributed by atoms with Gasteiger partial charge in [0, 0.05) is 16.3 Å². The van der Waals surface area contributed by atoms with Gasteiger partial charge in [-0.3, -0.25) is 10.1 Å². The molecule has 2 N–H and O–H groups in total. The zero-order valence-electron chi connectivity index (χ0n) is 16.9. The van der Waals surface area contributed by atoms with Gasteiger partial charge in [-0.25, -0.2) is 4.79 Å². The number of aromatic nitrogens is 1. The summed E-state index contributed by atoms with van der Waals surface area (Å²) in [5, 5.41) is 9.97. The highest BCUT2D eigenvalue weighted by Crippen LogP contribution is 2.19. The van der Waals surface area contributed by atoms with Crippen LogP contribution in [0.4, 0.5) is 10.5 Å². The van der Waals surface area contributed by atoms with Crippen molar-refractivity contribution < 1.29 is 18.8 Å². The van der Waals surface area contributed by atoms with E-state index in [1.807, 2.05) is 19.1 Å². The number of hydrogen-bond donors (Lipinski definition) is 2. The minimum atomic E-state index is -0.560. The number of aryl methyl sites for hydroxylation is 1. The van der Waals surface area contributed by atoms with E-state index >= 15 is 0 Å². The lowest BCUT2D eigenvalue weighted by Gasteiger charge is -2.14. The molecule has 1 aromatic heterocycles. The van der Waals surface area contributed by atoms with Crippen LogP contribution in [0.5, 0.6) is 0 Å². The summed E-state index contributed by atoms with van der Waals surface area (Å²) in [5.74, 6) is -0.116. The zero-order chi connectivity index (χ0) is 21.7. The molecular weight excluding hydrogens is 406 g/mol. The fourth-order valence-corrected chi connectivity index (χ4v) is 2.84. The molecule has 0 aliphatic carbocycles. The van der Waals surface area contributed by atoms with E-state index in [1.54, 1.807) is 50.2 Å². The summed E-state index contributed by atoms with van der Waals surface area (Å²) in [7, 11) is 0. The van der Waals surface area contributed by atoms with E-state index in [0.717, 1.165) is 16.7 Å². The van der Waals surface area contributed by atoms with E-state index < -0.39 is 6.09 Å². The van der Waals surface area contributed by atoms with Gasteiger partial charge >= 0.3 is 6.09 Å². The summed E-state index contributed by atoms with van der Waals surface area (Å²) in [5.41, 5.74) is 3.70. The summed E-state index contributed by atoms with van der Waals surface area (Å²) in [6.45, 7) is 5.58. The van der Waals surface area contributed by atoms with Gasteiger partial charge in [0.1, 0.15) is 6.61 Å². The Morgan fingerprint density at radius 2 is 1.77 bits per heavy atom. The molecule has 1 atom stereocenters. The summed E-state index contributed by atoms with van der Waals surface area (Å²) in [4.78, 5) is 24.3. The fourth-order valence-electron chi connectivity index (χ4n) is 2.71. The van der Waals surface area contributed by atoms with Crippen molar-refractivity contribution >= 4 is 29.3 Å². The minimum Gasteiger partial charge on any atom is -0.444 e. The van der Waals surface area contributed by atoms with E-state index in [-0.39, 0.29) is 24.3 Å². The number of amides is 2. The largest absolute Gasteiger partial charge is 0.444 e. The van der Waals surface area contributed by atoms with Gasteiger partial charge in [0.2, 0.25) is 5.76 Å². The number of hydrogen-bond acceptors (Lipinski definition) is 5. The second kappa shape index (κ2) is 9.45. The average molecular weight is 428 g/mol. The Kier molecular flexibility index (Phi) is 6.74. The topological polar surface area (TPSA) is 93.5 Å². The van der Waals surface area contributed by atoms with Crippen LogP contribution >= 0.6 is 11.6 Å². The number of carbonyl (C=O) groups is 2. The molecule has 0 fully saturated rings. The van der Waals surface area contributed by atoms with Crippen molar-refractivity contribution in [3.8, 4) is 0 Å². The fraction of sp³-hybridized carbons (Fsp3) is 0.227. The summed E-state index contributed by atoms with van der Waals surface area (Å²) >= 11 is 5.83. The van der Waals surface area contributed by atoms with Crippen molar-refractivity contribution in [2.24, 2.45) is 0 Å². The number of rotatable bonds is 6. The van der Waals surface area contributed by atoms with Crippen LogP contribution in [0.3, 0.4) is 0 Å². The summed E-state index contributed by atoms with van der Waals surface area (Å²) in [6.07, 6.45) is -0.560. The van der Waals surface area contributed by atoms with Crippen molar-refractivity contribution in [3.63, 3.8) is 0 Å². The van der Waals surface area contributed by atoms with Crippen molar-refractivity contribution in [1.29, 1.82) is 0 Å². The van der Waals surface area contributed by atoms with Gasteiger partial charge in [0.25, 0.3) is 5.91 Å². The van der Waals surface area contributed by atoms with E-state index in [2.05, 4.69) is 15.8 Å². The van der Waals surface area contributed by atoms with Gasteiger partial charge in [-0.2, -0.15) is 0 Å². The molecule has 0 aliphatic heterocycles. The van der Waals surface area contributed by atoms with Crippen LogP contribution in [0, 0.1) is 13.8 Å². The highest BCUT2D eigenvalue weighted by Gasteiger charge is 2.19. The molecule has 0 spiro atoms. The average Bonchev–Trinajstić information content (AvgIpc) is 3.06. The molecule has 2 amide bonds. The highest BCUT2D eigenvalue weighted by molar-refractivity contribution is 6.30. The molecule has 3 aromatic rings. The Bertz CT molecular complexity index is 1030. The molecule has 30 heavy (non-hydrogen) atoms. The number of nitrogens with zero attached hydrogens (tertiary/aromatic N) is 1. The lowest BCUT2D eigenvalue weighted by molar-refractivity contribution is 0.0901. The normalized spacial score (nSPS) is 11.6. The third kappa shape index (κ3) is 5.39. The van der Waals surface area contributed by atoms with Gasteiger partial charge in [0.05, 0.1) is 11.7 Å². The van der Waals surface area contributed by atoms with Crippen LogP contribution in [0.15, 0.2) is 53.1 Å². The Hall–Kier alpha value is -3.32. The minimum absolute atomic E-state index is 0.144. The van der Waals surface area contributed by atoms with Gasteiger partial charge in [-0.15, -0.1) is 0 Å². The van der Waals surface area contributed by atoms with Crippen LogP contribution in [0.25, 0.3) is 0 Å². The number of halogens is 1. The smallest absolute Gasteiger partial charge is 0.411 e. The number of benzene rings is 2. The highest BCUT2D eigenvalue weighted by atomic mass is 35.5. The molecule has 0 bridgehead atoms. The second-order valence-corrected chi connectivity index (χ2v) is 7.30. The first-order valence-corrected chi connectivity index (χ1v) is 9.73. The molecule has 7 nitrogen and oxygen atoms in total. The molecule has 0 saturated carbocycles. The Balaban J connectivity index is 1.52. The third-order valence-corrected chi connectivity index (χ3v) is 4.90. The Labute approximate surface area is 179 Å². The van der Waals surface area contributed by atoms with Gasteiger partial charge < -0.3 is 14.6 Å². The molecule has 0 saturated heterocycles. The first-order chi connectivity index (χ1) is 14.3. The Morgan fingerprint density at radius 1 is 1.10 bits per heavy atom. The van der Waals surface area contributed by atoms with Crippen LogP contribution < -0.4 is 10.6 Å². The van der Waals surface area contributed by atoms with Crippen molar-refractivity contribution in [2.75, 3.05) is 5.32 Å². The summed E-state index contributed by atoms with van der Waals surface area (Å²) < 4.78 is 10.3. The van der Waals surface area contributed by atoms with Crippen LogP contribution in [-0.2, 0) is 11.3 Å². The number of nitrogens with one attached hydrogen (secondary N) is 2. The van der Waals surface area contributed by atoms with Crippen LogP contribution in [-0.4, -0.2) is 17.2 Å². The molecule has 1 heterocycles. The lowest BCUT2D eigenvalue weighted by atomic mass is 10.1. The van der Waals surface area contributed by atoms with Crippen molar-refractivity contribution in [2.45, 2.75) is 33.4 Å². The van der Waals surface area contributed by atoms with Gasteiger partial charge in [0.15, 0.2) is 0 Å². The maximum atomic E-state index is 12.4. The molecule has 0 radical (unpaired) electrons. The standard InChI is InChI=1S/C22H22ClN3O4/c1-13-14(2)26-30-20(13)21(27)24-15(3)17-6-10-19(11-7-17)25-22(28)29-12-16-4-8-18(23)9-5-16/h4-11,15H,12H2,1-3H3,(H,24,27)(H,25,28). The van der Waals surface area contributed by atoms with Gasteiger partial charge in [-0.05, 0) is 56.2 Å². The molecule has 1 unspecified atom stereocenters. The number of ether oxygens (including phenoxy) is 1. The lowest BCUT2D eigenvalue weighted by Crippen LogP contribution is -2.26. The second-order valence-electron chi connectivity index (χ2n) is 6.87. The van der Waals surface area contributed by atoms with E-state index in [4.69, 9.17) is 20.9 Å². The SMILES string of the molecule is Cc1noc(C(=O)NC(C)c2ccc(NC(=O)OCc3ccc(Cl)cc3)cc2)c1C. The summed E-state index contributed by atoms with van der Waals surface area (Å²) in [6, 6.07) is 13.9. The molecule has 156 valence electrons. The maximum absolute atomic E-state index is 12.4. The van der Waals surface area contributed by atoms with E-state index in [9.17, 15) is 9.59 Å². The first-order valence-electron chi connectivity index (χ1n) is 9.35. The maximum Gasteiger partial charge on any atom is 0.411 e. The predicted molar refractivity (Wildman–Crippen MR) is 114 cm³/mol. The van der Waals surface area contributed by atoms with Crippen molar-refractivity contribution in [1.82, 2.24) is 10.5 Å². The predicted octanol–water partition coefficient (Wildman–Crippen LogP) is 5.18. The van der Waals surface area contributed by atoms with E-state index in [0.29, 0.717) is 16.4 Å². The zero-order valence-corrected chi connectivity index (χ0v) is 17.6. The van der Waals surface area contributed by atoms with Crippen LogP contribution in [0.2, 0.25) is 5.02 Å². The number of carbonyl (C=O) groups excluding carboxylic acids is 2. The first kappa shape index (κ1) is 21.4. The van der Waals surface area contributed by atoms with E-state index in [1.165, 1.54) is 0 Å².